The number of rotatable bonds is 2. The van der Waals surface area contributed by atoms with E-state index in [0.29, 0.717) is 11.1 Å². The van der Waals surface area contributed by atoms with Crippen LogP contribution in [-0.2, 0) is 0 Å². The van der Waals surface area contributed by atoms with Gasteiger partial charge in [-0.3, -0.25) is 10.8 Å². The van der Waals surface area contributed by atoms with Gasteiger partial charge in [0.15, 0.2) is 5.17 Å². The minimum atomic E-state index is -0.290. The highest BCUT2D eigenvalue weighted by molar-refractivity contribution is 8.26. The van der Waals surface area contributed by atoms with Crippen LogP contribution in [0.4, 0.5) is 4.39 Å². The normalized spacial score (nSPS) is 10.8. The summed E-state index contributed by atoms with van der Waals surface area (Å²) in [6.07, 6.45) is 1.76. The summed E-state index contributed by atoms with van der Waals surface area (Å²) in [5, 5.41) is 16.1. The Balaban J connectivity index is 2.12. The molecule has 3 rings (SSSR count). The predicted octanol–water partition coefficient (Wildman–Crippen LogP) is 3.93. The van der Waals surface area contributed by atoms with E-state index in [2.05, 4.69) is 4.98 Å². The van der Waals surface area contributed by atoms with E-state index < -0.39 is 0 Å². The Morgan fingerprint density at radius 3 is 2.59 bits per heavy atom. The van der Waals surface area contributed by atoms with E-state index in [4.69, 9.17) is 16.6 Å². The lowest BCUT2D eigenvalue weighted by molar-refractivity contribution is 0.631. The van der Waals surface area contributed by atoms with E-state index in [1.807, 2.05) is 12.1 Å². The Labute approximate surface area is 130 Å². The number of benzene rings is 2. The van der Waals surface area contributed by atoms with Crippen molar-refractivity contribution in [1.29, 1.82) is 10.8 Å². The van der Waals surface area contributed by atoms with Gasteiger partial charge in [0.05, 0.1) is 0 Å². The zero-order chi connectivity index (χ0) is 15.7. The average molecular weight is 312 g/mol. The molecular weight excluding hydrogens is 299 g/mol. The van der Waals surface area contributed by atoms with Gasteiger partial charge in [0.1, 0.15) is 10.9 Å². The molecule has 0 amide bonds. The number of aromatic nitrogens is 1. The van der Waals surface area contributed by atoms with Gasteiger partial charge >= 0.3 is 0 Å². The van der Waals surface area contributed by atoms with Crippen LogP contribution >= 0.6 is 11.8 Å². The van der Waals surface area contributed by atoms with Gasteiger partial charge < -0.3 is 10.7 Å². The molecular formula is C16H13FN4S. The lowest BCUT2D eigenvalue weighted by atomic mass is 10.0. The SMILES string of the molecule is N=C(N)SC(=N)c1ccc2[nH]cc(-c3ccccc3F)c2c1. The minimum Gasteiger partial charge on any atom is -0.378 e. The van der Waals surface area contributed by atoms with E-state index in [9.17, 15) is 4.39 Å². The summed E-state index contributed by atoms with van der Waals surface area (Å²) in [5.74, 6) is -0.290. The number of fused-ring (bicyclic) bond motifs is 1. The summed E-state index contributed by atoms with van der Waals surface area (Å²) < 4.78 is 14.0. The van der Waals surface area contributed by atoms with Crippen LogP contribution in [0.1, 0.15) is 5.56 Å². The summed E-state index contributed by atoms with van der Waals surface area (Å²) in [6, 6.07) is 12.0. The monoisotopic (exact) mass is 312 g/mol. The molecule has 5 N–H and O–H groups in total. The van der Waals surface area contributed by atoms with Gasteiger partial charge in [-0.25, -0.2) is 4.39 Å². The highest BCUT2D eigenvalue weighted by Crippen LogP contribution is 2.31. The van der Waals surface area contributed by atoms with Crippen LogP contribution in [0.15, 0.2) is 48.7 Å². The Kier molecular flexibility index (Phi) is 3.68. The number of hydrogen-bond donors (Lipinski definition) is 4. The van der Waals surface area contributed by atoms with Crippen LogP contribution in [0.5, 0.6) is 0 Å². The lowest BCUT2D eigenvalue weighted by Gasteiger charge is -2.05. The van der Waals surface area contributed by atoms with Crippen LogP contribution in [0, 0.1) is 16.6 Å². The third-order valence-electron chi connectivity index (χ3n) is 3.32. The molecule has 1 heterocycles. The highest BCUT2D eigenvalue weighted by Gasteiger charge is 2.12. The third-order valence-corrected chi connectivity index (χ3v) is 3.98. The molecule has 0 aliphatic carbocycles. The summed E-state index contributed by atoms with van der Waals surface area (Å²) in [5.41, 5.74) is 8.08. The van der Waals surface area contributed by atoms with Crippen molar-refractivity contribution in [3.63, 3.8) is 0 Å². The third kappa shape index (κ3) is 2.60. The van der Waals surface area contributed by atoms with Crippen molar-refractivity contribution in [2.45, 2.75) is 0 Å². The van der Waals surface area contributed by atoms with Crippen molar-refractivity contribution in [2.75, 3.05) is 0 Å². The van der Waals surface area contributed by atoms with E-state index >= 15 is 0 Å². The lowest BCUT2D eigenvalue weighted by Crippen LogP contribution is -2.08. The molecule has 3 aromatic rings. The van der Waals surface area contributed by atoms with E-state index in [1.165, 1.54) is 6.07 Å². The van der Waals surface area contributed by atoms with E-state index in [-0.39, 0.29) is 16.0 Å². The number of H-pyrrole nitrogens is 1. The standard InChI is InChI=1S/C16H13FN4S/c17-13-4-2-1-3-10(13)12-8-21-14-6-5-9(7-11(12)14)15(18)22-16(19)20/h1-8,18,21H,(H3,19,20). The number of amidine groups is 1. The van der Waals surface area contributed by atoms with Crippen LogP contribution < -0.4 is 5.73 Å². The molecule has 0 atom stereocenters. The topological polar surface area (TPSA) is 89.5 Å². The molecule has 0 radical (unpaired) electrons. The second-order valence-electron chi connectivity index (χ2n) is 4.74. The number of thioether (sulfide) groups is 1. The maximum atomic E-state index is 14.0. The van der Waals surface area contributed by atoms with Gasteiger partial charge in [0.25, 0.3) is 0 Å². The van der Waals surface area contributed by atoms with Crippen LogP contribution in [-0.4, -0.2) is 15.2 Å². The first kappa shape index (κ1) is 14.3. The Bertz CT molecular complexity index is 885. The van der Waals surface area contributed by atoms with Crippen LogP contribution in [0.2, 0.25) is 0 Å². The molecule has 6 heteroatoms. The smallest absolute Gasteiger partial charge is 0.157 e. The number of halogens is 1. The average Bonchev–Trinajstić information content (AvgIpc) is 2.90. The van der Waals surface area contributed by atoms with Gasteiger partial charge in [-0.15, -0.1) is 0 Å². The molecule has 0 unspecified atom stereocenters. The minimum absolute atomic E-state index is 0.131. The maximum absolute atomic E-state index is 14.0. The molecule has 0 aliphatic rings. The number of hydrogen-bond acceptors (Lipinski definition) is 3. The maximum Gasteiger partial charge on any atom is 0.157 e. The van der Waals surface area contributed by atoms with Crippen molar-refractivity contribution in [3.8, 4) is 11.1 Å². The molecule has 4 nitrogen and oxygen atoms in total. The number of aromatic amines is 1. The summed E-state index contributed by atoms with van der Waals surface area (Å²) in [6.45, 7) is 0. The molecule has 0 fully saturated rings. The molecule has 0 saturated carbocycles. The fraction of sp³-hybridized carbons (Fsp3) is 0. The van der Waals surface area contributed by atoms with Gasteiger partial charge in [-0.1, -0.05) is 24.3 Å². The molecule has 0 aliphatic heterocycles. The first-order valence-corrected chi connectivity index (χ1v) is 7.35. The highest BCUT2D eigenvalue weighted by atomic mass is 32.2. The first-order valence-electron chi connectivity index (χ1n) is 6.53. The second kappa shape index (κ2) is 5.65. The van der Waals surface area contributed by atoms with Gasteiger partial charge in [-0.05, 0) is 30.0 Å². The fourth-order valence-electron chi connectivity index (χ4n) is 2.33. The fourth-order valence-corrected chi connectivity index (χ4v) is 2.80. The first-order chi connectivity index (χ1) is 10.6. The van der Waals surface area contributed by atoms with E-state index in [1.54, 1.807) is 30.5 Å². The molecule has 2 aromatic carbocycles. The summed E-state index contributed by atoms with van der Waals surface area (Å²) >= 11 is 0.884. The second-order valence-corrected chi connectivity index (χ2v) is 5.79. The molecule has 0 saturated heterocycles. The number of nitrogens with two attached hydrogens (primary N) is 1. The Morgan fingerprint density at radius 1 is 1.09 bits per heavy atom. The quantitative estimate of drug-likeness (QED) is 0.427. The zero-order valence-corrected chi connectivity index (χ0v) is 12.3. The van der Waals surface area contributed by atoms with E-state index in [0.717, 1.165) is 28.2 Å². The van der Waals surface area contributed by atoms with Crippen LogP contribution in [0.25, 0.3) is 22.0 Å². The summed E-state index contributed by atoms with van der Waals surface area (Å²) in [4.78, 5) is 3.11. The van der Waals surface area contributed by atoms with Crippen molar-refractivity contribution in [3.05, 3.63) is 60.0 Å². The zero-order valence-electron chi connectivity index (χ0n) is 11.5. The van der Waals surface area contributed by atoms with Crippen molar-refractivity contribution in [2.24, 2.45) is 5.73 Å². The molecule has 22 heavy (non-hydrogen) atoms. The van der Waals surface area contributed by atoms with Crippen molar-refractivity contribution >= 4 is 32.9 Å². The Hall–Kier alpha value is -2.60. The van der Waals surface area contributed by atoms with Crippen LogP contribution in [0.3, 0.4) is 0 Å². The molecule has 110 valence electrons. The number of nitrogens with one attached hydrogen (secondary N) is 3. The largest absolute Gasteiger partial charge is 0.378 e. The molecule has 0 spiro atoms. The van der Waals surface area contributed by atoms with Crippen molar-refractivity contribution < 1.29 is 4.39 Å². The van der Waals surface area contributed by atoms with Gasteiger partial charge in [0, 0.05) is 33.8 Å². The van der Waals surface area contributed by atoms with Crippen molar-refractivity contribution in [1.82, 2.24) is 4.98 Å². The summed E-state index contributed by atoms with van der Waals surface area (Å²) in [7, 11) is 0. The van der Waals surface area contributed by atoms with Gasteiger partial charge in [-0.2, -0.15) is 0 Å². The molecule has 0 bridgehead atoms. The van der Waals surface area contributed by atoms with Gasteiger partial charge in [0.2, 0.25) is 0 Å². The Morgan fingerprint density at radius 2 is 1.86 bits per heavy atom. The molecule has 1 aromatic heterocycles. The predicted molar refractivity (Wildman–Crippen MR) is 90.0 cm³/mol.